The maximum absolute atomic E-state index is 10.2. The van der Waals surface area contributed by atoms with Gasteiger partial charge in [-0.2, -0.15) is 0 Å². The second-order valence-electron chi connectivity index (χ2n) is 3.39. The van der Waals surface area contributed by atoms with Crippen molar-refractivity contribution in [3.63, 3.8) is 0 Å². The fourth-order valence-electron chi connectivity index (χ4n) is 1.06. The molecule has 0 aliphatic rings. The van der Waals surface area contributed by atoms with Crippen molar-refractivity contribution in [3.8, 4) is 0 Å². The van der Waals surface area contributed by atoms with Crippen LogP contribution in [-0.2, 0) is 4.79 Å². The van der Waals surface area contributed by atoms with Crippen LogP contribution in [0.1, 0.15) is 6.42 Å². The van der Waals surface area contributed by atoms with E-state index in [1.165, 1.54) is 0 Å². The molecule has 7 N–H and O–H groups in total. The number of aliphatic hydroxyl groups is 6. The molecular formula is C8H17NaO8. The summed E-state index contributed by atoms with van der Waals surface area (Å²) in [5, 5.41) is 62.5. The third-order valence-electron chi connectivity index (χ3n) is 2.06. The molecule has 0 spiro atoms. The van der Waals surface area contributed by atoms with Gasteiger partial charge in [0.05, 0.1) is 19.1 Å². The van der Waals surface area contributed by atoms with Crippen LogP contribution in [0.5, 0.6) is 0 Å². The van der Waals surface area contributed by atoms with Gasteiger partial charge in [0.2, 0.25) is 0 Å². The number of aliphatic carboxylic acids is 1. The van der Waals surface area contributed by atoms with E-state index in [9.17, 15) is 15.0 Å². The zero-order valence-corrected chi connectivity index (χ0v) is 8.34. The van der Waals surface area contributed by atoms with Gasteiger partial charge in [-0.3, -0.25) is 4.79 Å². The first kappa shape index (κ1) is 19.6. The molecule has 0 radical (unpaired) electrons. The molecule has 0 amide bonds. The zero-order valence-electron chi connectivity index (χ0n) is 8.34. The molecule has 9 heteroatoms. The van der Waals surface area contributed by atoms with Crippen molar-refractivity contribution in [1.82, 2.24) is 0 Å². The Hall–Kier alpha value is 0.230. The Morgan fingerprint density at radius 3 is 1.65 bits per heavy atom. The Morgan fingerprint density at radius 1 is 0.882 bits per heavy atom. The fourth-order valence-corrected chi connectivity index (χ4v) is 1.06. The Kier molecular flexibility index (Phi) is 10.6. The summed E-state index contributed by atoms with van der Waals surface area (Å²) >= 11 is 0. The zero-order chi connectivity index (χ0) is 12.9. The quantitative estimate of drug-likeness (QED) is 0.227. The molecule has 0 bridgehead atoms. The number of carboxylic acids is 1. The molecule has 98 valence electrons. The summed E-state index contributed by atoms with van der Waals surface area (Å²) in [5.41, 5.74) is 0. The van der Waals surface area contributed by atoms with E-state index in [1.54, 1.807) is 0 Å². The van der Waals surface area contributed by atoms with Crippen molar-refractivity contribution >= 4 is 35.5 Å². The van der Waals surface area contributed by atoms with E-state index < -0.39 is 49.5 Å². The van der Waals surface area contributed by atoms with Crippen LogP contribution in [0.3, 0.4) is 0 Å². The second-order valence-corrected chi connectivity index (χ2v) is 3.39. The first-order valence-electron chi connectivity index (χ1n) is 4.54. The van der Waals surface area contributed by atoms with Crippen molar-refractivity contribution in [1.29, 1.82) is 0 Å². The van der Waals surface area contributed by atoms with Gasteiger partial charge >= 0.3 is 35.5 Å². The van der Waals surface area contributed by atoms with Crippen LogP contribution in [0, 0.1) is 0 Å². The summed E-state index contributed by atoms with van der Waals surface area (Å²) in [7, 11) is 0. The van der Waals surface area contributed by atoms with Crippen molar-refractivity contribution in [2.75, 3.05) is 6.61 Å². The topological polar surface area (TPSA) is 159 Å². The van der Waals surface area contributed by atoms with Gasteiger partial charge in [-0.1, -0.05) is 0 Å². The minimum absolute atomic E-state index is 0. The predicted octanol–water partition coefficient (Wildman–Crippen LogP) is -4.39. The molecule has 0 fully saturated rings. The maximum atomic E-state index is 10.2. The summed E-state index contributed by atoms with van der Waals surface area (Å²) in [6.07, 6.45) is -10.1. The Labute approximate surface area is 119 Å². The molecule has 0 heterocycles. The van der Waals surface area contributed by atoms with Gasteiger partial charge in [-0.15, -0.1) is 0 Å². The predicted molar refractivity (Wildman–Crippen MR) is 56.5 cm³/mol. The number of hydrogen-bond donors (Lipinski definition) is 7. The van der Waals surface area contributed by atoms with Crippen LogP contribution in [0.15, 0.2) is 0 Å². The molecule has 0 saturated carbocycles. The molecule has 5 atom stereocenters. The summed E-state index contributed by atoms with van der Waals surface area (Å²) in [6.45, 7) is -0.847. The molecule has 17 heavy (non-hydrogen) atoms. The van der Waals surface area contributed by atoms with Crippen LogP contribution in [0.2, 0.25) is 0 Å². The van der Waals surface area contributed by atoms with Crippen molar-refractivity contribution in [3.05, 3.63) is 0 Å². The van der Waals surface area contributed by atoms with Crippen molar-refractivity contribution < 1.29 is 40.5 Å². The molecule has 0 aromatic carbocycles. The van der Waals surface area contributed by atoms with E-state index >= 15 is 0 Å². The van der Waals surface area contributed by atoms with Gasteiger partial charge in [0.1, 0.15) is 24.4 Å². The van der Waals surface area contributed by atoms with Gasteiger partial charge in [0.25, 0.3) is 0 Å². The molecule has 1 unspecified atom stereocenters. The van der Waals surface area contributed by atoms with E-state index in [-0.39, 0.29) is 29.6 Å². The first-order valence-corrected chi connectivity index (χ1v) is 4.54. The van der Waals surface area contributed by atoms with Gasteiger partial charge in [-0.05, 0) is 0 Å². The summed E-state index contributed by atoms with van der Waals surface area (Å²) in [6, 6.07) is 0. The van der Waals surface area contributed by atoms with Crippen LogP contribution in [-0.4, -0.2) is 108 Å². The molecule has 0 aliphatic carbocycles. The van der Waals surface area contributed by atoms with Gasteiger partial charge in [-0.25, -0.2) is 0 Å². The minimum atomic E-state index is -1.96. The van der Waals surface area contributed by atoms with E-state index in [0.29, 0.717) is 0 Å². The van der Waals surface area contributed by atoms with E-state index in [0.717, 1.165) is 0 Å². The summed E-state index contributed by atoms with van der Waals surface area (Å²) in [5.74, 6) is -1.39. The van der Waals surface area contributed by atoms with Crippen LogP contribution in [0.4, 0.5) is 0 Å². The average molecular weight is 264 g/mol. The Bertz CT molecular complexity index is 226. The number of carboxylic acid groups (broad SMARTS) is 1. The van der Waals surface area contributed by atoms with Crippen LogP contribution < -0.4 is 0 Å². The third-order valence-corrected chi connectivity index (χ3v) is 2.06. The Morgan fingerprint density at radius 2 is 1.29 bits per heavy atom. The molecule has 0 aliphatic heterocycles. The number of aliphatic hydroxyl groups excluding tert-OH is 6. The molecule has 0 aromatic rings. The number of hydrogen-bond acceptors (Lipinski definition) is 7. The molecule has 0 rings (SSSR count). The summed E-state index contributed by atoms with van der Waals surface area (Å²) < 4.78 is 0. The van der Waals surface area contributed by atoms with Crippen LogP contribution >= 0.6 is 0 Å². The molecule has 8 nitrogen and oxygen atoms in total. The number of rotatable bonds is 7. The SMILES string of the molecule is O=C(O)CC(O)[C@H](O)[C@@H](O)[C@H](O)[C@H](O)CO.[NaH]. The normalized spacial score (nSPS) is 19.6. The fraction of sp³-hybridized carbons (Fsp3) is 0.875. The van der Waals surface area contributed by atoms with Crippen LogP contribution in [0.25, 0.3) is 0 Å². The molecule has 0 aromatic heterocycles. The third kappa shape index (κ3) is 6.65. The van der Waals surface area contributed by atoms with E-state index in [4.69, 9.17) is 25.5 Å². The van der Waals surface area contributed by atoms with E-state index in [2.05, 4.69) is 0 Å². The second kappa shape index (κ2) is 9.20. The Balaban J connectivity index is 0. The molecule has 0 saturated heterocycles. The van der Waals surface area contributed by atoms with Gasteiger partial charge in [0.15, 0.2) is 0 Å². The van der Waals surface area contributed by atoms with Crippen molar-refractivity contribution in [2.24, 2.45) is 0 Å². The van der Waals surface area contributed by atoms with Crippen molar-refractivity contribution in [2.45, 2.75) is 36.9 Å². The van der Waals surface area contributed by atoms with Gasteiger partial charge < -0.3 is 35.7 Å². The summed E-state index contributed by atoms with van der Waals surface area (Å²) in [4.78, 5) is 10.2. The van der Waals surface area contributed by atoms with E-state index in [1.807, 2.05) is 0 Å². The first-order chi connectivity index (χ1) is 7.31. The van der Waals surface area contributed by atoms with Gasteiger partial charge in [0, 0.05) is 0 Å². The monoisotopic (exact) mass is 264 g/mol. The standard InChI is InChI=1S/C8H16O8.Na.H/c9-2-4(11)7(15)8(16)6(14)3(10)1-5(12)13;;/h3-4,6-11,14-16H,1-2H2,(H,12,13);;/t3?,4-,6+,7-,8-;;/m1../s1. The molecular weight excluding hydrogens is 247 g/mol. The number of carbonyl (C=O) groups is 1. The average Bonchev–Trinajstić information content (AvgIpc) is 2.23.